The van der Waals surface area contributed by atoms with E-state index in [9.17, 15) is 4.79 Å². The molecule has 0 spiro atoms. The number of thiazole rings is 1. The van der Waals surface area contributed by atoms with Crippen molar-refractivity contribution in [3.05, 3.63) is 79.7 Å². The van der Waals surface area contributed by atoms with Crippen molar-refractivity contribution < 1.29 is 0 Å². The first kappa shape index (κ1) is 12.6. The highest BCUT2D eigenvalue weighted by Crippen LogP contribution is 2.19. The summed E-state index contributed by atoms with van der Waals surface area (Å²) >= 11 is 1.38. The van der Waals surface area contributed by atoms with E-state index in [1.165, 1.54) is 22.5 Å². The molecule has 3 aromatic rings. The van der Waals surface area contributed by atoms with Crippen LogP contribution in [-0.2, 0) is 0 Å². The van der Waals surface area contributed by atoms with E-state index in [2.05, 4.69) is 35.8 Å². The topological polar surface area (TPSA) is 32.9 Å². The molecule has 0 aliphatic heterocycles. The van der Waals surface area contributed by atoms with Crippen molar-refractivity contribution in [2.75, 3.05) is 0 Å². The van der Waals surface area contributed by atoms with E-state index < -0.39 is 0 Å². The number of benzene rings is 2. The minimum absolute atomic E-state index is 0.0767. The van der Waals surface area contributed by atoms with Gasteiger partial charge in [0.25, 0.3) is 5.56 Å². The predicted molar refractivity (Wildman–Crippen MR) is 85.2 cm³/mol. The molecule has 0 aliphatic rings. The van der Waals surface area contributed by atoms with Crippen molar-refractivity contribution in [1.82, 2.24) is 4.98 Å². The molecule has 2 aromatic carbocycles. The first-order valence-corrected chi connectivity index (χ1v) is 7.09. The van der Waals surface area contributed by atoms with Crippen molar-refractivity contribution in [2.45, 2.75) is 0 Å². The Bertz CT molecular complexity index is 873. The summed E-state index contributed by atoms with van der Waals surface area (Å²) in [5.41, 5.74) is 3.29. The zero-order valence-electron chi connectivity index (χ0n) is 10.8. The molecule has 0 saturated carbocycles. The van der Waals surface area contributed by atoms with Crippen LogP contribution in [0.25, 0.3) is 23.8 Å². The Morgan fingerprint density at radius 3 is 2.20 bits per heavy atom. The van der Waals surface area contributed by atoms with Crippen LogP contribution in [0.5, 0.6) is 0 Å². The molecule has 2 nitrogen and oxygen atoms in total. The van der Waals surface area contributed by atoms with Gasteiger partial charge in [0, 0.05) is 0 Å². The number of hydrogen-bond donors (Lipinski definition) is 1. The van der Waals surface area contributed by atoms with Crippen LogP contribution in [0.1, 0.15) is 5.56 Å². The van der Waals surface area contributed by atoms with Gasteiger partial charge in [-0.3, -0.25) is 4.79 Å². The molecule has 3 rings (SSSR count). The standard InChI is InChI=1S/C17H13NOS/c1-12-18-17(19)16(20-12)11-13-7-9-15(10-8-13)14-5-3-2-4-6-14/h2-11H,1H2,(H,18,19)/b16-11-. The summed E-state index contributed by atoms with van der Waals surface area (Å²) in [5, 5.41) is 0. The summed E-state index contributed by atoms with van der Waals surface area (Å²) in [6.07, 6.45) is 1.88. The van der Waals surface area contributed by atoms with Crippen LogP contribution in [0.15, 0.2) is 59.4 Å². The van der Waals surface area contributed by atoms with Crippen molar-refractivity contribution in [3.63, 3.8) is 0 Å². The van der Waals surface area contributed by atoms with E-state index >= 15 is 0 Å². The number of aromatic nitrogens is 1. The van der Waals surface area contributed by atoms with Crippen LogP contribution in [0.4, 0.5) is 0 Å². The molecule has 0 saturated heterocycles. The van der Waals surface area contributed by atoms with Crippen LogP contribution >= 0.6 is 11.3 Å². The maximum absolute atomic E-state index is 11.6. The lowest BCUT2D eigenvalue weighted by Crippen LogP contribution is -2.19. The van der Waals surface area contributed by atoms with Gasteiger partial charge in [-0.15, -0.1) is 11.3 Å². The second-order valence-corrected chi connectivity index (χ2v) is 5.61. The first-order chi connectivity index (χ1) is 9.72. The SMILES string of the molecule is C=c1[nH]c(=O)/c(=C/c2ccc(-c3ccccc3)cc2)s1. The fourth-order valence-electron chi connectivity index (χ4n) is 2.04. The number of nitrogens with one attached hydrogen (secondary N) is 1. The molecule has 1 N–H and O–H groups in total. The second kappa shape index (κ2) is 5.31. The Balaban J connectivity index is 1.99. The molecule has 0 bridgehead atoms. The molecule has 0 atom stereocenters. The quantitative estimate of drug-likeness (QED) is 0.767. The summed E-state index contributed by atoms with van der Waals surface area (Å²) in [5.74, 6) is 0. The number of hydrogen-bond acceptors (Lipinski definition) is 2. The number of rotatable bonds is 2. The zero-order valence-corrected chi connectivity index (χ0v) is 11.6. The lowest BCUT2D eigenvalue weighted by atomic mass is 10.0. The summed E-state index contributed by atoms with van der Waals surface area (Å²) in [6, 6.07) is 18.4. The van der Waals surface area contributed by atoms with E-state index in [1.807, 2.05) is 36.4 Å². The Morgan fingerprint density at radius 2 is 1.60 bits per heavy atom. The van der Waals surface area contributed by atoms with E-state index in [0.717, 1.165) is 5.56 Å². The molecule has 98 valence electrons. The lowest BCUT2D eigenvalue weighted by Gasteiger charge is -2.01. The van der Waals surface area contributed by atoms with Crippen molar-refractivity contribution in [1.29, 1.82) is 0 Å². The minimum Gasteiger partial charge on any atom is -0.313 e. The van der Waals surface area contributed by atoms with Gasteiger partial charge in [-0.25, -0.2) is 0 Å². The molecule has 0 unspecified atom stereocenters. The summed E-state index contributed by atoms with van der Waals surface area (Å²) < 4.78 is 1.37. The highest BCUT2D eigenvalue weighted by Gasteiger charge is 1.97. The van der Waals surface area contributed by atoms with Gasteiger partial charge in [-0.2, -0.15) is 0 Å². The Kier molecular flexibility index (Phi) is 3.35. The van der Waals surface area contributed by atoms with Gasteiger partial charge in [0.05, 0.1) is 9.20 Å². The third-order valence-corrected chi connectivity index (χ3v) is 3.90. The Labute approximate surface area is 120 Å². The third-order valence-electron chi connectivity index (χ3n) is 3.03. The Morgan fingerprint density at radius 1 is 0.950 bits per heavy atom. The van der Waals surface area contributed by atoms with Crippen LogP contribution < -0.4 is 14.8 Å². The molecule has 0 radical (unpaired) electrons. The molecule has 20 heavy (non-hydrogen) atoms. The first-order valence-electron chi connectivity index (χ1n) is 6.28. The van der Waals surface area contributed by atoms with Crippen LogP contribution in [0.2, 0.25) is 0 Å². The van der Waals surface area contributed by atoms with Gasteiger partial charge in [0.1, 0.15) is 0 Å². The van der Waals surface area contributed by atoms with Gasteiger partial charge in [0.2, 0.25) is 0 Å². The molecule has 3 heteroatoms. The Hall–Kier alpha value is -2.39. The van der Waals surface area contributed by atoms with Crippen LogP contribution in [0, 0.1) is 0 Å². The van der Waals surface area contributed by atoms with Gasteiger partial charge < -0.3 is 4.98 Å². The van der Waals surface area contributed by atoms with Gasteiger partial charge in [-0.1, -0.05) is 61.2 Å². The molecule has 0 fully saturated rings. The second-order valence-electron chi connectivity index (χ2n) is 4.48. The van der Waals surface area contributed by atoms with Gasteiger partial charge >= 0.3 is 0 Å². The average molecular weight is 279 g/mol. The van der Waals surface area contributed by atoms with E-state index in [0.29, 0.717) is 9.20 Å². The van der Waals surface area contributed by atoms with E-state index in [4.69, 9.17) is 0 Å². The molecular weight excluding hydrogens is 266 g/mol. The van der Waals surface area contributed by atoms with Crippen molar-refractivity contribution in [2.24, 2.45) is 0 Å². The summed E-state index contributed by atoms with van der Waals surface area (Å²) in [4.78, 5) is 14.3. The summed E-state index contributed by atoms with van der Waals surface area (Å²) in [7, 11) is 0. The normalized spacial score (nSPS) is 11.7. The highest BCUT2D eigenvalue weighted by molar-refractivity contribution is 7.07. The maximum Gasteiger partial charge on any atom is 0.266 e. The number of aromatic amines is 1. The maximum atomic E-state index is 11.6. The smallest absolute Gasteiger partial charge is 0.266 e. The fourth-order valence-corrected chi connectivity index (χ4v) is 2.79. The van der Waals surface area contributed by atoms with E-state index in [-0.39, 0.29) is 5.56 Å². The lowest BCUT2D eigenvalue weighted by molar-refractivity contribution is 1.26. The minimum atomic E-state index is -0.0767. The molecular formula is C17H13NOS. The van der Waals surface area contributed by atoms with Crippen molar-refractivity contribution >= 4 is 24.0 Å². The zero-order chi connectivity index (χ0) is 13.9. The molecule has 1 heterocycles. The number of H-pyrrole nitrogens is 1. The largest absolute Gasteiger partial charge is 0.313 e. The van der Waals surface area contributed by atoms with Crippen LogP contribution in [-0.4, -0.2) is 4.98 Å². The molecule has 0 amide bonds. The molecule has 1 aromatic heterocycles. The van der Waals surface area contributed by atoms with Gasteiger partial charge in [0.15, 0.2) is 0 Å². The monoisotopic (exact) mass is 279 g/mol. The van der Waals surface area contributed by atoms with Crippen molar-refractivity contribution in [3.8, 4) is 11.1 Å². The van der Waals surface area contributed by atoms with Crippen LogP contribution in [0.3, 0.4) is 0 Å². The fraction of sp³-hybridized carbons (Fsp3) is 0. The van der Waals surface area contributed by atoms with E-state index in [1.54, 1.807) is 0 Å². The molecule has 0 aliphatic carbocycles. The summed E-state index contributed by atoms with van der Waals surface area (Å²) in [6.45, 7) is 3.74. The van der Waals surface area contributed by atoms with Gasteiger partial charge in [-0.05, 0) is 22.8 Å². The predicted octanol–water partition coefficient (Wildman–Crippen LogP) is 2.34. The highest BCUT2D eigenvalue weighted by atomic mass is 32.1. The average Bonchev–Trinajstić information content (AvgIpc) is 2.79. The third kappa shape index (κ3) is 2.63.